The summed E-state index contributed by atoms with van der Waals surface area (Å²) < 4.78 is 0. The highest BCUT2D eigenvalue weighted by atomic mass is 35.5. The van der Waals surface area contributed by atoms with Crippen LogP contribution in [0.15, 0.2) is 12.1 Å². The molecule has 0 amide bonds. The molecule has 1 heterocycles. The van der Waals surface area contributed by atoms with Crippen LogP contribution in [0.4, 0.5) is 11.5 Å². The van der Waals surface area contributed by atoms with Gasteiger partial charge in [0.2, 0.25) is 5.82 Å². The van der Waals surface area contributed by atoms with E-state index in [0.717, 1.165) is 12.8 Å². The number of halogens is 1. The summed E-state index contributed by atoms with van der Waals surface area (Å²) in [5.41, 5.74) is -0.0539. The van der Waals surface area contributed by atoms with Gasteiger partial charge in [-0.25, -0.2) is 4.98 Å². The molecule has 1 saturated carbocycles. The zero-order valence-corrected chi connectivity index (χ0v) is 10.7. The van der Waals surface area contributed by atoms with Crippen molar-refractivity contribution in [2.45, 2.75) is 18.9 Å². The molecule has 1 aliphatic rings. The number of aliphatic hydroxyl groups is 1. The van der Waals surface area contributed by atoms with Crippen molar-refractivity contribution in [3.05, 3.63) is 27.4 Å². The van der Waals surface area contributed by atoms with Crippen LogP contribution in [0.2, 0.25) is 5.15 Å². The van der Waals surface area contributed by atoms with Gasteiger partial charge in [0.05, 0.1) is 11.0 Å². The molecular formula is C11H14ClN3O3. The molecule has 18 heavy (non-hydrogen) atoms. The Bertz CT molecular complexity index is 463. The number of hydrogen-bond donors (Lipinski definition) is 1. The molecular weight excluding hydrogens is 258 g/mol. The number of pyridine rings is 1. The van der Waals surface area contributed by atoms with Crippen LogP contribution < -0.4 is 4.90 Å². The Morgan fingerprint density at radius 3 is 2.83 bits per heavy atom. The first kappa shape index (κ1) is 13.0. The Morgan fingerprint density at radius 2 is 2.28 bits per heavy atom. The van der Waals surface area contributed by atoms with Gasteiger partial charge in [-0.1, -0.05) is 11.6 Å². The Kier molecular flexibility index (Phi) is 3.68. The molecule has 1 aliphatic carbocycles. The van der Waals surface area contributed by atoms with Crippen molar-refractivity contribution in [3.8, 4) is 0 Å². The first-order valence-electron chi connectivity index (χ1n) is 5.67. The maximum atomic E-state index is 10.9. The summed E-state index contributed by atoms with van der Waals surface area (Å²) in [7, 11) is 1.75. The third kappa shape index (κ3) is 2.70. The highest BCUT2D eigenvalue weighted by Crippen LogP contribution is 2.32. The van der Waals surface area contributed by atoms with Gasteiger partial charge in [0.15, 0.2) is 0 Å². The number of nitrogens with zero attached hydrogens (tertiary/aromatic N) is 3. The van der Waals surface area contributed by atoms with E-state index in [1.165, 1.54) is 12.1 Å². The molecule has 0 unspecified atom stereocenters. The third-order valence-corrected chi connectivity index (χ3v) is 3.33. The maximum absolute atomic E-state index is 10.9. The fourth-order valence-electron chi connectivity index (χ4n) is 2.16. The van der Waals surface area contributed by atoms with Gasteiger partial charge in [-0.15, -0.1) is 0 Å². The fraction of sp³-hybridized carbons (Fsp3) is 0.545. The van der Waals surface area contributed by atoms with Crippen LogP contribution in [0.5, 0.6) is 0 Å². The van der Waals surface area contributed by atoms with Crippen LogP contribution in [-0.4, -0.2) is 34.7 Å². The molecule has 98 valence electrons. The minimum atomic E-state index is -0.467. The number of aromatic nitrogens is 1. The molecule has 2 rings (SSSR count). The van der Waals surface area contributed by atoms with Gasteiger partial charge in [-0.3, -0.25) is 10.1 Å². The molecule has 0 radical (unpaired) electrons. The molecule has 1 fully saturated rings. The SMILES string of the molecule is CN(CC1CC(O)C1)c1nc(Cl)ccc1[N+](=O)[O-]. The van der Waals surface area contributed by atoms with Gasteiger partial charge < -0.3 is 10.0 Å². The summed E-state index contributed by atoms with van der Waals surface area (Å²) in [6, 6.07) is 2.76. The molecule has 1 N–H and O–H groups in total. The van der Waals surface area contributed by atoms with Crippen LogP contribution in [0.25, 0.3) is 0 Å². The van der Waals surface area contributed by atoms with E-state index in [4.69, 9.17) is 11.6 Å². The molecule has 0 atom stereocenters. The number of hydrogen-bond acceptors (Lipinski definition) is 5. The minimum absolute atomic E-state index is 0.0539. The van der Waals surface area contributed by atoms with E-state index >= 15 is 0 Å². The number of aliphatic hydroxyl groups excluding tert-OH is 1. The van der Waals surface area contributed by atoms with E-state index < -0.39 is 4.92 Å². The number of nitro groups is 1. The van der Waals surface area contributed by atoms with Gasteiger partial charge in [0.25, 0.3) is 0 Å². The first-order valence-corrected chi connectivity index (χ1v) is 6.05. The molecule has 0 saturated heterocycles. The molecule has 6 nitrogen and oxygen atoms in total. The monoisotopic (exact) mass is 271 g/mol. The Labute approximate surface area is 109 Å². The Hall–Kier alpha value is -1.40. The van der Waals surface area contributed by atoms with Crippen LogP contribution in [0.1, 0.15) is 12.8 Å². The predicted octanol–water partition coefficient (Wildman–Crippen LogP) is 1.85. The zero-order valence-electron chi connectivity index (χ0n) is 9.91. The fourth-order valence-corrected chi connectivity index (χ4v) is 2.31. The molecule has 0 aromatic carbocycles. The summed E-state index contributed by atoms with van der Waals surface area (Å²) in [5, 5.41) is 20.4. The van der Waals surface area contributed by atoms with Crippen LogP contribution >= 0.6 is 11.6 Å². The van der Waals surface area contributed by atoms with Crippen molar-refractivity contribution >= 4 is 23.1 Å². The summed E-state index contributed by atoms with van der Waals surface area (Å²) in [4.78, 5) is 16.2. The molecule has 7 heteroatoms. The second-order valence-electron chi connectivity index (χ2n) is 4.61. The third-order valence-electron chi connectivity index (χ3n) is 3.12. The molecule has 1 aromatic heterocycles. The van der Waals surface area contributed by atoms with Gasteiger partial charge in [-0.05, 0) is 24.8 Å². The number of rotatable bonds is 4. The zero-order chi connectivity index (χ0) is 13.3. The van der Waals surface area contributed by atoms with Crippen molar-refractivity contribution in [2.24, 2.45) is 5.92 Å². The average Bonchev–Trinajstić information content (AvgIpc) is 2.26. The van der Waals surface area contributed by atoms with E-state index in [1.54, 1.807) is 11.9 Å². The normalized spacial score (nSPS) is 22.4. The van der Waals surface area contributed by atoms with E-state index in [0.29, 0.717) is 12.5 Å². The van der Waals surface area contributed by atoms with Crippen molar-refractivity contribution < 1.29 is 10.0 Å². The first-order chi connectivity index (χ1) is 8.47. The molecule has 0 spiro atoms. The summed E-state index contributed by atoms with van der Waals surface area (Å²) in [6.45, 7) is 0.630. The van der Waals surface area contributed by atoms with Gasteiger partial charge in [0.1, 0.15) is 5.15 Å². The van der Waals surface area contributed by atoms with E-state index in [1.807, 2.05) is 0 Å². The largest absolute Gasteiger partial charge is 0.393 e. The maximum Gasteiger partial charge on any atom is 0.311 e. The summed E-state index contributed by atoms with van der Waals surface area (Å²) in [5.74, 6) is 0.624. The van der Waals surface area contributed by atoms with Crippen molar-refractivity contribution in [2.75, 3.05) is 18.5 Å². The van der Waals surface area contributed by atoms with Crippen LogP contribution in [0.3, 0.4) is 0 Å². The predicted molar refractivity (Wildman–Crippen MR) is 67.9 cm³/mol. The highest BCUT2D eigenvalue weighted by molar-refractivity contribution is 6.29. The van der Waals surface area contributed by atoms with Crippen LogP contribution in [0, 0.1) is 16.0 Å². The molecule has 1 aromatic rings. The van der Waals surface area contributed by atoms with E-state index in [2.05, 4.69) is 4.98 Å². The summed E-state index contributed by atoms with van der Waals surface area (Å²) >= 11 is 5.77. The lowest BCUT2D eigenvalue weighted by Gasteiger charge is -2.34. The average molecular weight is 272 g/mol. The quantitative estimate of drug-likeness (QED) is 0.514. The Morgan fingerprint density at radius 1 is 1.61 bits per heavy atom. The van der Waals surface area contributed by atoms with Crippen molar-refractivity contribution in [1.82, 2.24) is 4.98 Å². The molecule has 0 bridgehead atoms. The van der Waals surface area contributed by atoms with Crippen molar-refractivity contribution in [3.63, 3.8) is 0 Å². The highest BCUT2D eigenvalue weighted by Gasteiger charge is 2.30. The van der Waals surface area contributed by atoms with Gasteiger partial charge in [-0.2, -0.15) is 0 Å². The van der Waals surface area contributed by atoms with Gasteiger partial charge >= 0.3 is 5.69 Å². The smallest absolute Gasteiger partial charge is 0.311 e. The Balaban J connectivity index is 2.15. The lowest BCUT2D eigenvalue weighted by molar-refractivity contribution is -0.384. The van der Waals surface area contributed by atoms with Gasteiger partial charge in [0, 0.05) is 19.7 Å². The van der Waals surface area contributed by atoms with Crippen LogP contribution in [-0.2, 0) is 0 Å². The minimum Gasteiger partial charge on any atom is -0.393 e. The van der Waals surface area contributed by atoms with E-state index in [-0.39, 0.29) is 22.8 Å². The second kappa shape index (κ2) is 5.07. The number of anilines is 1. The lowest BCUT2D eigenvalue weighted by atomic mass is 9.82. The standard InChI is InChI=1S/C11H14ClN3O3/c1-14(6-7-4-8(16)5-7)11-9(15(17)18)2-3-10(12)13-11/h2-3,7-8,16H,4-6H2,1H3. The lowest BCUT2D eigenvalue weighted by Crippen LogP contribution is -2.37. The second-order valence-corrected chi connectivity index (χ2v) is 4.99. The van der Waals surface area contributed by atoms with Crippen molar-refractivity contribution in [1.29, 1.82) is 0 Å². The van der Waals surface area contributed by atoms with E-state index in [9.17, 15) is 15.2 Å². The summed E-state index contributed by atoms with van der Waals surface area (Å²) in [6.07, 6.45) is 1.24. The molecule has 0 aliphatic heterocycles. The topological polar surface area (TPSA) is 79.5 Å².